The van der Waals surface area contributed by atoms with E-state index in [4.69, 9.17) is 4.74 Å². The van der Waals surface area contributed by atoms with Gasteiger partial charge in [-0.15, -0.1) is 22.7 Å². The van der Waals surface area contributed by atoms with Crippen LogP contribution in [0.1, 0.15) is 12.6 Å². The number of carbonyl (C=O) groups excluding carboxylic acids is 2. The maximum absolute atomic E-state index is 13.8. The quantitative estimate of drug-likeness (QED) is 0.401. The molecule has 0 radical (unpaired) electrons. The van der Waals surface area contributed by atoms with Crippen molar-refractivity contribution in [3.63, 3.8) is 0 Å². The standard InChI is InChI=1S/C18H15F2N3O3S3/c1-2-26-16(25)6-11-7-28-18(21-11)29-9-15(24)23-17-22-14(8-27-17)12-5-10(19)3-4-13(12)20/h3-5,7-8H,2,6,9H2,1H3,(H,22,23,24). The van der Waals surface area contributed by atoms with E-state index in [1.54, 1.807) is 17.7 Å². The predicted molar refractivity (Wildman–Crippen MR) is 109 cm³/mol. The SMILES string of the molecule is CCOC(=O)Cc1csc(SCC(=O)Nc2nc(-c3cc(F)ccc3F)cs2)n1. The Morgan fingerprint density at radius 3 is 2.83 bits per heavy atom. The Bertz CT molecular complexity index is 1020. The summed E-state index contributed by atoms with van der Waals surface area (Å²) in [7, 11) is 0. The molecule has 152 valence electrons. The Hall–Kier alpha value is -2.37. The molecule has 6 nitrogen and oxygen atoms in total. The molecule has 1 N–H and O–H groups in total. The topological polar surface area (TPSA) is 81.2 Å². The number of benzene rings is 1. The van der Waals surface area contributed by atoms with Crippen LogP contribution in [0.25, 0.3) is 11.3 Å². The lowest BCUT2D eigenvalue weighted by atomic mass is 10.1. The Kier molecular flexibility index (Phi) is 7.29. The van der Waals surface area contributed by atoms with Gasteiger partial charge >= 0.3 is 5.97 Å². The van der Waals surface area contributed by atoms with E-state index in [0.717, 1.165) is 29.5 Å². The summed E-state index contributed by atoms with van der Waals surface area (Å²) in [6.45, 7) is 2.05. The van der Waals surface area contributed by atoms with Gasteiger partial charge in [-0.25, -0.2) is 18.7 Å². The second kappa shape index (κ2) is 9.90. The molecule has 0 aliphatic carbocycles. The number of aromatic nitrogens is 2. The number of hydrogen-bond acceptors (Lipinski definition) is 8. The van der Waals surface area contributed by atoms with Crippen molar-refractivity contribution in [3.8, 4) is 11.3 Å². The number of nitrogens with zero attached hydrogens (tertiary/aromatic N) is 2. The van der Waals surface area contributed by atoms with Crippen molar-refractivity contribution in [1.29, 1.82) is 0 Å². The van der Waals surface area contributed by atoms with Gasteiger partial charge in [0.1, 0.15) is 11.6 Å². The molecule has 0 saturated heterocycles. The lowest BCUT2D eigenvalue weighted by Gasteiger charge is -2.01. The number of hydrogen-bond donors (Lipinski definition) is 1. The molecule has 0 bridgehead atoms. The molecular weight excluding hydrogens is 440 g/mol. The average molecular weight is 456 g/mol. The molecule has 0 spiro atoms. The highest BCUT2D eigenvalue weighted by Crippen LogP contribution is 2.28. The van der Waals surface area contributed by atoms with E-state index in [1.165, 1.54) is 23.1 Å². The van der Waals surface area contributed by atoms with Gasteiger partial charge in [0.2, 0.25) is 5.91 Å². The van der Waals surface area contributed by atoms with Gasteiger partial charge in [0.05, 0.1) is 30.2 Å². The molecule has 3 rings (SSSR count). The van der Waals surface area contributed by atoms with Crippen molar-refractivity contribution in [3.05, 3.63) is 46.3 Å². The smallest absolute Gasteiger partial charge is 0.311 e. The van der Waals surface area contributed by atoms with Crippen molar-refractivity contribution in [1.82, 2.24) is 9.97 Å². The second-order valence-electron chi connectivity index (χ2n) is 5.59. The highest BCUT2D eigenvalue weighted by atomic mass is 32.2. The third kappa shape index (κ3) is 6.05. The van der Waals surface area contributed by atoms with Crippen molar-refractivity contribution < 1.29 is 23.1 Å². The summed E-state index contributed by atoms with van der Waals surface area (Å²) in [6, 6.07) is 3.12. The Balaban J connectivity index is 1.53. The lowest BCUT2D eigenvalue weighted by Crippen LogP contribution is -2.13. The number of amides is 1. The first-order valence-corrected chi connectivity index (χ1v) is 11.1. The average Bonchev–Trinajstić information content (AvgIpc) is 3.32. The maximum Gasteiger partial charge on any atom is 0.311 e. The molecule has 1 aromatic carbocycles. The number of thiazole rings is 2. The van der Waals surface area contributed by atoms with E-state index in [9.17, 15) is 18.4 Å². The monoisotopic (exact) mass is 455 g/mol. The van der Waals surface area contributed by atoms with Gasteiger partial charge in [0.25, 0.3) is 0 Å². The lowest BCUT2D eigenvalue weighted by molar-refractivity contribution is -0.142. The van der Waals surface area contributed by atoms with Crippen LogP contribution in [-0.2, 0) is 20.7 Å². The summed E-state index contributed by atoms with van der Waals surface area (Å²) in [6.07, 6.45) is 0.0929. The molecule has 0 unspecified atom stereocenters. The molecule has 0 fully saturated rings. The summed E-state index contributed by atoms with van der Waals surface area (Å²) in [5.74, 6) is -1.72. The number of ether oxygens (including phenoxy) is 1. The molecule has 0 aliphatic heterocycles. The molecule has 3 aromatic rings. The highest BCUT2D eigenvalue weighted by Gasteiger charge is 2.14. The van der Waals surface area contributed by atoms with Gasteiger partial charge in [-0.3, -0.25) is 9.59 Å². The van der Waals surface area contributed by atoms with Crippen LogP contribution in [0.3, 0.4) is 0 Å². The van der Waals surface area contributed by atoms with Gasteiger partial charge in [0, 0.05) is 16.3 Å². The maximum atomic E-state index is 13.8. The van der Waals surface area contributed by atoms with E-state index >= 15 is 0 Å². The molecule has 2 heterocycles. The summed E-state index contributed by atoms with van der Waals surface area (Å²) in [5, 5.41) is 6.21. The van der Waals surface area contributed by atoms with E-state index < -0.39 is 11.6 Å². The molecule has 0 aliphatic rings. The van der Waals surface area contributed by atoms with Crippen LogP contribution in [0.2, 0.25) is 0 Å². The Morgan fingerprint density at radius 2 is 2.03 bits per heavy atom. The van der Waals surface area contributed by atoms with Crippen LogP contribution in [0.4, 0.5) is 13.9 Å². The Labute approximate surface area is 177 Å². The molecule has 1 amide bonds. The largest absolute Gasteiger partial charge is 0.466 e. The predicted octanol–water partition coefficient (Wildman–Crippen LogP) is 4.38. The van der Waals surface area contributed by atoms with E-state index in [2.05, 4.69) is 15.3 Å². The van der Waals surface area contributed by atoms with Crippen LogP contribution in [0.15, 0.2) is 33.3 Å². The zero-order valence-corrected chi connectivity index (χ0v) is 17.6. The van der Waals surface area contributed by atoms with Crippen LogP contribution in [-0.4, -0.2) is 34.2 Å². The van der Waals surface area contributed by atoms with E-state index in [-0.39, 0.29) is 40.4 Å². The van der Waals surface area contributed by atoms with Gasteiger partial charge in [0.15, 0.2) is 9.47 Å². The number of halogens is 2. The summed E-state index contributed by atoms with van der Waals surface area (Å²) in [4.78, 5) is 32.0. The molecule has 11 heteroatoms. The molecule has 0 saturated carbocycles. The number of carbonyl (C=O) groups is 2. The van der Waals surface area contributed by atoms with Crippen LogP contribution >= 0.6 is 34.4 Å². The first kappa shape index (κ1) is 21.3. The first-order chi connectivity index (χ1) is 13.9. The zero-order valence-electron chi connectivity index (χ0n) is 15.1. The number of anilines is 1. The van der Waals surface area contributed by atoms with E-state index in [0.29, 0.717) is 16.6 Å². The van der Waals surface area contributed by atoms with E-state index in [1.807, 2.05) is 0 Å². The fourth-order valence-electron chi connectivity index (χ4n) is 2.23. The van der Waals surface area contributed by atoms with Crippen molar-refractivity contribution >= 4 is 51.4 Å². The Morgan fingerprint density at radius 1 is 1.21 bits per heavy atom. The van der Waals surface area contributed by atoms with Gasteiger partial charge < -0.3 is 10.1 Å². The van der Waals surface area contributed by atoms with Gasteiger partial charge in [-0.2, -0.15) is 0 Å². The van der Waals surface area contributed by atoms with Crippen molar-refractivity contribution in [2.45, 2.75) is 17.7 Å². The van der Waals surface area contributed by atoms with Crippen LogP contribution < -0.4 is 5.32 Å². The normalized spacial score (nSPS) is 10.7. The van der Waals surface area contributed by atoms with Crippen LogP contribution in [0.5, 0.6) is 0 Å². The summed E-state index contributed by atoms with van der Waals surface area (Å²) in [5.41, 5.74) is 0.879. The fraction of sp³-hybridized carbons (Fsp3) is 0.222. The van der Waals surface area contributed by atoms with Crippen LogP contribution in [0, 0.1) is 11.6 Å². The molecule has 2 aromatic heterocycles. The second-order valence-corrected chi connectivity index (χ2v) is 8.52. The van der Waals surface area contributed by atoms with Gasteiger partial charge in [-0.1, -0.05) is 11.8 Å². The molecule has 29 heavy (non-hydrogen) atoms. The third-order valence-corrected chi connectivity index (χ3v) is 6.27. The minimum Gasteiger partial charge on any atom is -0.466 e. The first-order valence-electron chi connectivity index (χ1n) is 8.38. The number of nitrogens with one attached hydrogen (secondary N) is 1. The minimum absolute atomic E-state index is 0.0352. The van der Waals surface area contributed by atoms with Crippen molar-refractivity contribution in [2.75, 3.05) is 17.7 Å². The number of rotatable bonds is 8. The van der Waals surface area contributed by atoms with Crippen molar-refractivity contribution in [2.24, 2.45) is 0 Å². The summed E-state index contributed by atoms with van der Waals surface area (Å²) < 4.78 is 32.7. The zero-order chi connectivity index (χ0) is 20.8. The third-order valence-electron chi connectivity index (χ3n) is 3.44. The highest BCUT2D eigenvalue weighted by molar-refractivity contribution is 8.01. The number of esters is 1. The van der Waals surface area contributed by atoms with Gasteiger partial charge in [-0.05, 0) is 25.1 Å². The molecular formula is C18H15F2N3O3S3. The molecule has 0 atom stereocenters. The fourth-order valence-corrected chi connectivity index (χ4v) is 4.60. The summed E-state index contributed by atoms with van der Waals surface area (Å²) >= 11 is 3.68. The minimum atomic E-state index is -0.590. The number of thioether (sulfide) groups is 1.